The summed E-state index contributed by atoms with van der Waals surface area (Å²) in [5, 5.41) is 0. The number of aryl methyl sites for hydroxylation is 2. The Morgan fingerprint density at radius 1 is 0.543 bits per heavy atom. The van der Waals surface area contributed by atoms with E-state index in [4.69, 9.17) is 6.15 Å². The summed E-state index contributed by atoms with van der Waals surface area (Å²) in [6.07, 6.45) is 14.0. The van der Waals surface area contributed by atoms with Gasteiger partial charge in [-0.3, -0.25) is 0 Å². The van der Waals surface area contributed by atoms with Gasteiger partial charge in [-0.25, -0.2) is 0 Å². The van der Waals surface area contributed by atoms with Gasteiger partial charge in [-0.1, -0.05) is 0 Å². The fraction of sp³-hybridized carbons (Fsp3) is 0.625. The Kier molecular flexibility index (Phi) is 14.2. The van der Waals surface area contributed by atoms with Crippen LogP contribution in [0.25, 0.3) is 0 Å². The van der Waals surface area contributed by atoms with E-state index in [0.29, 0.717) is 0 Å². The molecule has 0 radical (unpaired) electrons. The zero-order chi connectivity index (χ0) is 25.5. The van der Waals surface area contributed by atoms with Gasteiger partial charge in [0.2, 0.25) is 0 Å². The molecule has 2 aromatic carbocycles. The van der Waals surface area contributed by atoms with Gasteiger partial charge in [0.1, 0.15) is 0 Å². The van der Waals surface area contributed by atoms with E-state index in [0.717, 1.165) is 46.1 Å². The molecule has 2 nitrogen and oxygen atoms in total. The molecule has 0 N–H and O–H groups in total. The fourth-order valence-electron chi connectivity index (χ4n) is 5.06. The van der Waals surface area contributed by atoms with Crippen molar-refractivity contribution in [1.82, 2.24) is 0 Å². The third kappa shape index (κ3) is 9.02. The molecule has 196 valence electrons. The Balaban J connectivity index is 2.52. The van der Waals surface area contributed by atoms with Gasteiger partial charge in [0.05, 0.1) is 0 Å². The molecule has 2 rings (SSSR count). The quantitative estimate of drug-likeness (QED) is 0.162. The first-order valence-corrected chi connectivity index (χ1v) is 21.0. The van der Waals surface area contributed by atoms with Crippen molar-refractivity contribution >= 4 is 19.2 Å². The van der Waals surface area contributed by atoms with Gasteiger partial charge in [0.15, 0.2) is 0 Å². The van der Waals surface area contributed by atoms with Gasteiger partial charge in [0.25, 0.3) is 0 Å². The Labute approximate surface area is 222 Å². The predicted molar refractivity (Wildman–Crippen MR) is 155 cm³/mol. The average Bonchev–Trinajstić information content (AvgIpc) is 2.88. The molecule has 0 aliphatic carbocycles. The van der Waals surface area contributed by atoms with Gasteiger partial charge < -0.3 is 0 Å². The van der Waals surface area contributed by atoms with Crippen LogP contribution < -0.4 is 6.15 Å². The second-order valence-electron chi connectivity index (χ2n) is 10.0. The van der Waals surface area contributed by atoms with E-state index < -0.39 is 19.2 Å². The molecular weight excluding hydrogens is 535 g/mol. The summed E-state index contributed by atoms with van der Waals surface area (Å²) in [5.41, 5.74) is 5.75. The van der Waals surface area contributed by atoms with Gasteiger partial charge in [-0.2, -0.15) is 0 Å². The summed E-state index contributed by atoms with van der Waals surface area (Å²) >= 11 is -3.49. The van der Waals surface area contributed by atoms with Crippen LogP contribution in [0.3, 0.4) is 0 Å². The minimum absolute atomic E-state index is 1.02. The molecule has 0 amide bonds. The molecule has 0 aliphatic heterocycles. The van der Waals surface area contributed by atoms with Crippen LogP contribution in [0.4, 0.5) is 0 Å². The topological polar surface area (TPSA) is 18.5 Å². The maximum absolute atomic E-state index is 7.26. The van der Waals surface area contributed by atoms with Gasteiger partial charge in [0, 0.05) is 0 Å². The van der Waals surface area contributed by atoms with Crippen molar-refractivity contribution < 1.29 is 6.15 Å². The van der Waals surface area contributed by atoms with Gasteiger partial charge >= 0.3 is 223 Å². The Morgan fingerprint density at radius 2 is 0.943 bits per heavy atom. The fourth-order valence-corrected chi connectivity index (χ4v) is 15.5. The summed E-state index contributed by atoms with van der Waals surface area (Å²) in [5.74, 6) is 2.23. The van der Waals surface area contributed by atoms with Crippen LogP contribution in [0.1, 0.15) is 115 Å². The molecule has 0 spiro atoms. The monoisotopic (exact) mass is 588 g/mol. The maximum atomic E-state index is 7.26. The minimum atomic E-state index is -3.49. The number of rotatable bonds is 18. The summed E-state index contributed by atoms with van der Waals surface area (Å²) in [7, 11) is 0. The normalized spacial score (nSPS) is 11.6. The number of hydrogen-bond acceptors (Lipinski definition) is 2. The summed E-state index contributed by atoms with van der Waals surface area (Å²) in [4.78, 5) is 0. The van der Waals surface area contributed by atoms with E-state index in [-0.39, 0.29) is 0 Å². The molecule has 0 fully saturated rings. The first kappa shape index (κ1) is 30.1. The summed E-state index contributed by atoms with van der Waals surface area (Å²) < 4.78 is 16.8. The van der Waals surface area contributed by atoms with Crippen molar-refractivity contribution in [3.05, 3.63) is 58.7 Å². The molecular formula is C32H52O2Sn. The van der Waals surface area contributed by atoms with Crippen LogP contribution in [-0.4, -0.2) is 19.2 Å². The number of hydrogen-bond donors (Lipinski definition) is 0. The van der Waals surface area contributed by atoms with Crippen molar-refractivity contribution in [2.24, 2.45) is 0 Å². The van der Waals surface area contributed by atoms with Crippen molar-refractivity contribution in [2.75, 3.05) is 0 Å². The zero-order valence-electron chi connectivity index (χ0n) is 23.7. The third-order valence-corrected chi connectivity index (χ3v) is 16.9. The summed E-state index contributed by atoms with van der Waals surface area (Å²) in [6, 6.07) is 13.5. The number of benzene rings is 2. The second-order valence-corrected chi connectivity index (χ2v) is 19.2. The molecule has 0 atom stereocenters. The molecule has 0 unspecified atom stereocenters. The average molecular weight is 587 g/mol. The molecule has 3 heteroatoms. The third-order valence-electron chi connectivity index (χ3n) is 7.18. The molecule has 35 heavy (non-hydrogen) atoms. The first-order valence-electron chi connectivity index (χ1n) is 14.7. The molecule has 0 saturated heterocycles. The van der Waals surface area contributed by atoms with Crippen LogP contribution in [0.15, 0.2) is 36.4 Å². The van der Waals surface area contributed by atoms with E-state index in [2.05, 4.69) is 77.9 Å². The van der Waals surface area contributed by atoms with Gasteiger partial charge in [-0.05, 0) is 0 Å². The van der Waals surface area contributed by atoms with Crippen molar-refractivity contribution in [3.63, 3.8) is 0 Å². The van der Waals surface area contributed by atoms with E-state index in [1.54, 1.807) is 0 Å². The van der Waals surface area contributed by atoms with Gasteiger partial charge in [-0.15, -0.1) is 0 Å². The van der Waals surface area contributed by atoms with Crippen LogP contribution in [0, 0.1) is 0 Å². The predicted octanol–water partition coefficient (Wildman–Crippen LogP) is 10.00. The Hall–Kier alpha value is -1.16. The molecule has 0 aromatic heterocycles. The van der Waals surface area contributed by atoms with E-state index in [1.807, 2.05) is 0 Å². The van der Waals surface area contributed by atoms with Crippen molar-refractivity contribution in [2.45, 2.75) is 127 Å². The van der Waals surface area contributed by atoms with Crippen LogP contribution in [0.2, 0.25) is 8.87 Å². The van der Waals surface area contributed by atoms with E-state index in [9.17, 15) is 0 Å². The molecule has 2 aromatic rings. The Morgan fingerprint density at radius 3 is 1.29 bits per heavy atom. The van der Waals surface area contributed by atoms with E-state index in [1.165, 1.54) is 73.6 Å². The van der Waals surface area contributed by atoms with Crippen molar-refractivity contribution in [1.29, 1.82) is 0 Å². The van der Waals surface area contributed by atoms with Crippen LogP contribution >= 0.6 is 0 Å². The van der Waals surface area contributed by atoms with Crippen LogP contribution in [0.5, 0.6) is 11.5 Å². The molecule has 0 heterocycles. The zero-order valence-corrected chi connectivity index (χ0v) is 26.5. The number of unbranched alkanes of at least 4 members (excludes halogenated alkanes) is 4. The van der Waals surface area contributed by atoms with E-state index >= 15 is 0 Å². The molecule has 0 aliphatic rings. The molecule has 0 saturated carbocycles. The molecule has 0 bridgehead atoms. The summed E-state index contributed by atoms with van der Waals surface area (Å²) in [6.45, 7) is 13.7. The van der Waals surface area contributed by atoms with Crippen molar-refractivity contribution in [3.8, 4) is 11.5 Å². The Bertz CT molecular complexity index is 789. The van der Waals surface area contributed by atoms with Crippen LogP contribution in [-0.2, 0) is 25.7 Å². The second kappa shape index (κ2) is 16.6. The first-order chi connectivity index (χ1) is 17.1. The standard InChI is InChI=1S/2C12H18O.2C4H9.Sn/c2*1-3-5-7-10-8-6-9-12(13)11(10)4-2;2*1-3-4-2;/h2*6,8-9,13H,3-5,7H2,1-2H3;2*1,3-4H2,2H3;/q;;;;+2/p-2. The SMILES string of the molecule is CCCCc1cccc([O][Sn]([CH2]CCC)([CH2]CCC)[O]c2cccc(CCCC)c2CC)c1CC.